The maximum Gasteiger partial charge on any atom is 0.266 e. The Labute approximate surface area is 246 Å². The minimum atomic E-state index is -0.103. The molecular weight excluding hydrogens is 574 g/mol. The molecule has 2 aromatic carbocycles. The number of nitrogens with zero attached hydrogens (tertiary/aromatic N) is 2. The highest BCUT2D eigenvalue weighted by molar-refractivity contribution is 8.26. The minimum absolute atomic E-state index is 0.0721. The number of rotatable bonds is 12. The average Bonchev–Trinajstić information content (AvgIpc) is 3.47. The number of hydrogen-bond acceptors (Lipinski definition) is 8. The smallest absolute Gasteiger partial charge is 0.266 e. The molecule has 1 aliphatic heterocycles. The first-order valence-electron chi connectivity index (χ1n) is 12.3. The summed E-state index contributed by atoms with van der Waals surface area (Å²) < 4.78 is 11.2. The van der Waals surface area contributed by atoms with Crippen molar-refractivity contribution in [2.45, 2.75) is 32.1 Å². The predicted molar refractivity (Wildman–Crippen MR) is 163 cm³/mol. The second kappa shape index (κ2) is 13.9. The molecule has 0 aliphatic carbocycles. The molecule has 1 N–H and O–H groups in total. The number of thiocarbonyl (C=S) groups is 1. The molecule has 0 atom stereocenters. The van der Waals surface area contributed by atoms with Crippen molar-refractivity contribution in [1.29, 1.82) is 0 Å². The van der Waals surface area contributed by atoms with Crippen molar-refractivity contribution in [3.8, 4) is 11.5 Å². The Morgan fingerprint density at radius 2 is 1.92 bits per heavy atom. The number of thioether (sulfide) groups is 1. The van der Waals surface area contributed by atoms with E-state index in [1.165, 1.54) is 23.1 Å². The van der Waals surface area contributed by atoms with Crippen LogP contribution in [0.5, 0.6) is 11.5 Å². The zero-order valence-electron chi connectivity index (χ0n) is 21.6. The van der Waals surface area contributed by atoms with Gasteiger partial charge in [0.1, 0.15) is 4.32 Å². The molecule has 1 saturated heterocycles. The van der Waals surface area contributed by atoms with Crippen LogP contribution in [-0.4, -0.2) is 46.8 Å². The summed E-state index contributed by atoms with van der Waals surface area (Å²) in [5.41, 5.74) is 1.86. The van der Waals surface area contributed by atoms with E-state index < -0.39 is 0 Å². The van der Waals surface area contributed by atoms with Gasteiger partial charge in [-0.1, -0.05) is 66.3 Å². The number of carbonyl (C=O) groups excluding carboxylic acids is 2. The van der Waals surface area contributed by atoms with E-state index in [9.17, 15) is 9.59 Å². The quantitative estimate of drug-likeness (QED) is 0.139. The van der Waals surface area contributed by atoms with Crippen LogP contribution < -0.4 is 14.8 Å². The lowest BCUT2D eigenvalue weighted by Crippen LogP contribution is -2.29. The third-order valence-electron chi connectivity index (χ3n) is 5.99. The summed E-state index contributed by atoms with van der Waals surface area (Å²) in [6.45, 7) is 0.521. The molecule has 0 spiro atoms. The molecule has 11 heteroatoms. The Kier molecular flexibility index (Phi) is 10.4. The maximum atomic E-state index is 12.9. The van der Waals surface area contributed by atoms with E-state index in [1.54, 1.807) is 31.4 Å². The second-order valence-corrected chi connectivity index (χ2v) is 11.9. The number of ether oxygens (including phenoxy) is 2. The maximum absolute atomic E-state index is 12.9. The van der Waals surface area contributed by atoms with Crippen molar-refractivity contribution in [3.63, 3.8) is 0 Å². The topological polar surface area (TPSA) is 80.8 Å². The van der Waals surface area contributed by atoms with E-state index >= 15 is 0 Å². The third kappa shape index (κ3) is 7.82. The second-order valence-electron chi connectivity index (χ2n) is 8.71. The van der Waals surface area contributed by atoms with Gasteiger partial charge in [0.05, 0.1) is 19.1 Å². The van der Waals surface area contributed by atoms with Crippen molar-refractivity contribution >= 4 is 74.3 Å². The number of anilines is 1. The molecule has 0 unspecified atom stereocenters. The Bertz CT molecular complexity index is 1390. The molecule has 3 aromatic rings. The van der Waals surface area contributed by atoms with Gasteiger partial charge in [0.15, 0.2) is 16.6 Å². The summed E-state index contributed by atoms with van der Waals surface area (Å²) in [6.07, 6.45) is 6.90. The Morgan fingerprint density at radius 1 is 1.13 bits per heavy atom. The van der Waals surface area contributed by atoms with Crippen molar-refractivity contribution in [3.05, 3.63) is 74.6 Å². The van der Waals surface area contributed by atoms with Crippen molar-refractivity contribution in [2.75, 3.05) is 26.1 Å². The summed E-state index contributed by atoms with van der Waals surface area (Å²) >= 11 is 14.4. The first kappa shape index (κ1) is 29.1. The number of unbranched alkanes of at least 4 members (excludes halogenated alkanes) is 2. The fourth-order valence-corrected chi connectivity index (χ4v) is 6.34. The van der Waals surface area contributed by atoms with Gasteiger partial charge in [-0.2, -0.15) is 0 Å². The molecule has 0 saturated carbocycles. The molecule has 1 aromatic heterocycles. The van der Waals surface area contributed by atoms with Crippen LogP contribution in [-0.2, 0) is 16.0 Å². The Morgan fingerprint density at radius 3 is 2.69 bits per heavy atom. The summed E-state index contributed by atoms with van der Waals surface area (Å²) in [4.78, 5) is 32.9. The van der Waals surface area contributed by atoms with Gasteiger partial charge in [0, 0.05) is 35.5 Å². The molecule has 1 fully saturated rings. The van der Waals surface area contributed by atoms with Crippen LogP contribution in [0.25, 0.3) is 6.08 Å². The van der Waals surface area contributed by atoms with Crippen LogP contribution in [0.1, 0.15) is 41.7 Å². The molecule has 39 heavy (non-hydrogen) atoms. The van der Waals surface area contributed by atoms with Gasteiger partial charge in [-0.25, -0.2) is 4.98 Å². The number of carbonyl (C=O) groups is 2. The van der Waals surface area contributed by atoms with E-state index in [2.05, 4.69) is 10.3 Å². The SMILES string of the molecule is COc1ccc(/C=C2\SC(=S)N(CCCCCC(=O)Nc3ncc(Cc4ccccc4Cl)s3)C2=O)cc1OC. The highest BCUT2D eigenvalue weighted by Gasteiger charge is 2.31. The fraction of sp³-hybridized carbons (Fsp3) is 0.286. The highest BCUT2D eigenvalue weighted by atomic mass is 35.5. The fourth-order valence-electron chi connectivity index (χ4n) is 3.98. The molecule has 0 bridgehead atoms. The number of aromatic nitrogens is 1. The monoisotopic (exact) mass is 601 g/mol. The minimum Gasteiger partial charge on any atom is -0.493 e. The van der Waals surface area contributed by atoms with Gasteiger partial charge in [-0.15, -0.1) is 11.3 Å². The van der Waals surface area contributed by atoms with Crippen LogP contribution in [0.4, 0.5) is 5.13 Å². The van der Waals surface area contributed by atoms with Crippen LogP contribution in [0.15, 0.2) is 53.6 Å². The summed E-state index contributed by atoms with van der Waals surface area (Å²) in [6, 6.07) is 13.2. The molecule has 2 heterocycles. The zero-order chi connectivity index (χ0) is 27.8. The molecule has 2 amide bonds. The largest absolute Gasteiger partial charge is 0.493 e. The summed E-state index contributed by atoms with van der Waals surface area (Å²) in [5.74, 6) is 1.05. The molecule has 4 rings (SSSR count). The van der Waals surface area contributed by atoms with E-state index in [0.29, 0.717) is 51.7 Å². The standard InChI is InChI=1S/C28H28ClN3O4S3/c1-35-22-12-11-18(14-23(22)36-2)15-24-26(34)32(28(37)39-24)13-7-3-4-10-25(33)31-27-30-17-20(38-27)16-19-8-5-6-9-21(19)29/h5-6,8-9,11-12,14-15,17H,3-4,7,10,13,16H2,1-2H3,(H,30,31,33)/b24-15-. The van der Waals surface area contributed by atoms with E-state index in [-0.39, 0.29) is 11.8 Å². The Hall–Kier alpha value is -2.92. The molecule has 0 radical (unpaired) electrons. The van der Waals surface area contributed by atoms with Crippen LogP contribution >= 0.6 is 46.9 Å². The number of amides is 2. The van der Waals surface area contributed by atoms with Gasteiger partial charge in [-0.3, -0.25) is 14.5 Å². The zero-order valence-corrected chi connectivity index (χ0v) is 24.8. The first-order chi connectivity index (χ1) is 18.9. The van der Waals surface area contributed by atoms with Gasteiger partial charge >= 0.3 is 0 Å². The number of nitrogens with one attached hydrogen (secondary N) is 1. The molecule has 7 nitrogen and oxygen atoms in total. The highest BCUT2D eigenvalue weighted by Crippen LogP contribution is 2.35. The predicted octanol–water partition coefficient (Wildman–Crippen LogP) is 6.80. The average molecular weight is 602 g/mol. The summed E-state index contributed by atoms with van der Waals surface area (Å²) in [7, 11) is 3.15. The van der Waals surface area contributed by atoms with Gasteiger partial charge in [-0.05, 0) is 48.2 Å². The van der Waals surface area contributed by atoms with Crippen LogP contribution in [0.3, 0.4) is 0 Å². The number of benzene rings is 2. The first-order valence-corrected chi connectivity index (χ1v) is 14.7. The van der Waals surface area contributed by atoms with Crippen LogP contribution in [0, 0.1) is 0 Å². The molecule has 1 aliphatic rings. The number of halogens is 1. The molecule has 204 valence electrons. The normalized spacial score (nSPS) is 14.2. The van der Waals surface area contributed by atoms with Crippen LogP contribution in [0.2, 0.25) is 5.02 Å². The van der Waals surface area contributed by atoms with E-state index in [1.807, 2.05) is 42.5 Å². The lowest BCUT2D eigenvalue weighted by molar-refractivity contribution is -0.122. The lowest BCUT2D eigenvalue weighted by Gasteiger charge is -2.14. The van der Waals surface area contributed by atoms with E-state index in [4.69, 9.17) is 33.3 Å². The number of methoxy groups -OCH3 is 2. The molecular formula is C28H28ClN3O4S3. The van der Waals surface area contributed by atoms with Crippen molar-refractivity contribution < 1.29 is 19.1 Å². The Balaban J connectivity index is 1.19. The van der Waals surface area contributed by atoms with Gasteiger partial charge < -0.3 is 14.8 Å². The van der Waals surface area contributed by atoms with Gasteiger partial charge in [0.2, 0.25) is 5.91 Å². The third-order valence-corrected chi connectivity index (χ3v) is 8.65. The van der Waals surface area contributed by atoms with Crippen molar-refractivity contribution in [1.82, 2.24) is 9.88 Å². The van der Waals surface area contributed by atoms with E-state index in [0.717, 1.165) is 33.9 Å². The lowest BCUT2D eigenvalue weighted by atomic mass is 10.1. The number of hydrogen-bond donors (Lipinski definition) is 1. The summed E-state index contributed by atoms with van der Waals surface area (Å²) in [5, 5.41) is 4.18. The van der Waals surface area contributed by atoms with Gasteiger partial charge in [0.25, 0.3) is 5.91 Å². The number of thiazole rings is 1. The van der Waals surface area contributed by atoms with Crippen molar-refractivity contribution in [2.24, 2.45) is 0 Å².